The van der Waals surface area contributed by atoms with Gasteiger partial charge in [0.1, 0.15) is 5.82 Å². The zero-order chi connectivity index (χ0) is 18.0. The van der Waals surface area contributed by atoms with Crippen LogP contribution in [0.5, 0.6) is 5.75 Å². The lowest BCUT2D eigenvalue weighted by atomic mass is 10.2. The number of halogens is 2. The number of nitrogens with zero attached hydrogens (tertiary/aromatic N) is 3. The fraction of sp³-hybridized carbons (Fsp3) is 0.444. The molecule has 2 heterocycles. The van der Waals surface area contributed by atoms with E-state index in [4.69, 9.17) is 4.74 Å². The topological polar surface area (TPSA) is 47.4 Å². The van der Waals surface area contributed by atoms with Gasteiger partial charge in [0.25, 0.3) is 5.91 Å². The molecule has 134 valence electrons. The van der Waals surface area contributed by atoms with E-state index in [1.807, 2.05) is 24.6 Å². The van der Waals surface area contributed by atoms with Crippen molar-refractivity contribution >= 4 is 5.91 Å². The smallest absolute Gasteiger partial charge is 0.260 e. The zero-order valence-corrected chi connectivity index (χ0v) is 14.3. The highest BCUT2D eigenvalue weighted by molar-refractivity contribution is 5.78. The highest BCUT2D eigenvalue weighted by Crippen LogP contribution is 2.21. The molecule has 0 saturated carbocycles. The van der Waals surface area contributed by atoms with Crippen molar-refractivity contribution in [3.63, 3.8) is 0 Å². The van der Waals surface area contributed by atoms with Crippen LogP contribution in [0.3, 0.4) is 0 Å². The molecule has 1 aliphatic heterocycles. The number of hydrogen-bond acceptors (Lipinski definition) is 3. The first-order valence-corrected chi connectivity index (χ1v) is 8.32. The minimum Gasteiger partial charge on any atom is -0.481 e. The van der Waals surface area contributed by atoms with E-state index in [1.54, 1.807) is 4.90 Å². The molecule has 0 radical (unpaired) electrons. The van der Waals surface area contributed by atoms with Crippen molar-refractivity contribution in [2.75, 3.05) is 13.2 Å². The maximum absolute atomic E-state index is 13.6. The Balaban J connectivity index is 1.62. The van der Waals surface area contributed by atoms with Crippen molar-refractivity contribution in [2.24, 2.45) is 0 Å². The second kappa shape index (κ2) is 7.21. The molecule has 1 aromatic carbocycles. The first-order chi connectivity index (χ1) is 11.9. The van der Waals surface area contributed by atoms with Gasteiger partial charge in [0, 0.05) is 18.3 Å². The summed E-state index contributed by atoms with van der Waals surface area (Å²) >= 11 is 0. The summed E-state index contributed by atoms with van der Waals surface area (Å²) in [6, 6.07) is 4.97. The molecule has 0 spiro atoms. The van der Waals surface area contributed by atoms with Crippen molar-refractivity contribution in [3.8, 4) is 5.75 Å². The van der Waals surface area contributed by atoms with E-state index in [1.165, 1.54) is 0 Å². The number of rotatable bonds is 5. The van der Waals surface area contributed by atoms with Gasteiger partial charge in [-0.25, -0.2) is 8.78 Å². The van der Waals surface area contributed by atoms with Crippen LogP contribution in [-0.4, -0.2) is 39.8 Å². The highest BCUT2D eigenvalue weighted by Gasteiger charge is 2.29. The van der Waals surface area contributed by atoms with Gasteiger partial charge in [0.05, 0.1) is 18.3 Å². The van der Waals surface area contributed by atoms with Gasteiger partial charge in [-0.3, -0.25) is 9.48 Å². The largest absolute Gasteiger partial charge is 0.481 e. The fourth-order valence-corrected chi connectivity index (χ4v) is 3.22. The minimum atomic E-state index is -0.685. The van der Waals surface area contributed by atoms with Gasteiger partial charge in [-0.1, -0.05) is 0 Å². The molecular formula is C18H21F2N3O2. The maximum Gasteiger partial charge on any atom is 0.260 e. The van der Waals surface area contributed by atoms with E-state index >= 15 is 0 Å². The predicted octanol–water partition coefficient (Wildman–Crippen LogP) is 2.85. The molecule has 1 aromatic heterocycles. The second-order valence-corrected chi connectivity index (χ2v) is 6.36. The molecule has 1 aliphatic rings. The first kappa shape index (κ1) is 17.4. The van der Waals surface area contributed by atoms with Crippen LogP contribution in [0.1, 0.15) is 24.2 Å². The van der Waals surface area contributed by atoms with Gasteiger partial charge in [-0.2, -0.15) is 5.10 Å². The van der Waals surface area contributed by atoms with Crippen LogP contribution in [-0.2, 0) is 11.3 Å². The van der Waals surface area contributed by atoms with Crippen molar-refractivity contribution in [3.05, 3.63) is 47.3 Å². The molecule has 3 rings (SSSR count). The van der Waals surface area contributed by atoms with Gasteiger partial charge in [0.2, 0.25) is 0 Å². The van der Waals surface area contributed by atoms with Gasteiger partial charge in [-0.05, 0) is 44.9 Å². The number of ether oxygens (including phenoxy) is 1. The highest BCUT2D eigenvalue weighted by atomic mass is 19.1. The molecular weight excluding hydrogens is 328 g/mol. The number of likely N-dealkylation sites (tertiary alicyclic amines) is 1. The second-order valence-electron chi connectivity index (χ2n) is 6.36. The maximum atomic E-state index is 13.6. The lowest BCUT2D eigenvalue weighted by Gasteiger charge is -2.25. The fourth-order valence-electron chi connectivity index (χ4n) is 3.22. The van der Waals surface area contributed by atoms with E-state index < -0.39 is 11.6 Å². The Morgan fingerprint density at radius 3 is 2.84 bits per heavy atom. The average Bonchev–Trinajstić information content (AvgIpc) is 3.15. The molecule has 1 fully saturated rings. The Kier molecular flexibility index (Phi) is 5.01. The monoisotopic (exact) mass is 349 g/mol. The Morgan fingerprint density at radius 2 is 2.12 bits per heavy atom. The van der Waals surface area contributed by atoms with Gasteiger partial charge >= 0.3 is 0 Å². The first-order valence-electron chi connectivity index (χ1n) is 8.32. The summed E-state index contributed by atoms with van der Waals surface area (Å²) in [6.07, 6.45) is 1.79. The van der Waals surface area contributed by atoms with Crippen LogP contribution < -0.4 is 4.74 Å². The quantitative estimate of drug-likeness (QED) is 0.834. The number of amides is 1. The third kappa shape index (κ3) is 3.97. The van der Waals surface area contributed by atoms with Gasteiger partial charge < -0.3 is 9.64 Å². The van der Waals surface area contributed by atoms with E-state index in [-0.39, 0.29) is 24.3 Å². The van der Waals surface area contributed by atoms with Crippen LogP contribution in [0.25, 0.3) is 0 Å². The third-order valence-corrected chi connectivity index (χ3v) is 4.43. The molecule has 25 heavy (non-hydrogen) atoms. The molecule has 0 aliphatic carbocycles. The number of aromatic nitrogens is 2. The van der Waals surface area contributed by atoms with Crippen molar-refractivity contribution in [1.29, 1.82) is 0 Å². The summed E-state index contributed by atoms with van der Waals surface area (Å²) in [5, 5.41) is 4.44. The minimum absolute atomic E-state index is 0.0338. The van der Waals surface area contributed by atoms with Gasteiger partial charge in [0.15, 0.2) is 18.2 Å². The summed E-state index contributed by atoms with van der Waals surface area (Å²) in [4.78, 5) is 14.2. The molecule has 1 saturated heterocycles. The van der Waals surface area contributed by atoms with Crippen molar-refractivity contribution in [2.45, 2.75) is 39.3 Å². The lowest BCUT2D eigenvalue weighted by Crippen LogP contribution is -2.41. The van der Waals surface area contributed by atoms with Crippen LogP contribution >= 0.6 is 0 Å². The van der Waals surface area contributed by atoms with Gasteiger partial charge in [-0.15, -0.1) is 0 Å². The number of carbonyl (C=O) groups excluding carboxylic acids is 1. The van der Waals surface area contributed by atoms with Crippen LogP contribution in [0.2, 0.25) is 0 Å². The molecule has 5 nitrogen and oxygen atoms in total. The Hall–Kier alpha value is -2.44. The number of carbonyl (C=O) groups is 1. The Bertz CT molecular complexity index is 776. The SMILES string of the molecule is Cc1cc(C)n(C[C@@H]2CCCN2C(=O)COc2cc(F)ccc2F)n1. The summed E-state index contributed by atoms with van der Waals surface area (Å²) in [6.45, 7) is 4.87. The predicted molar refractivity (Wildman–Crippen MR) is 88.3 cm³/mol. The number of benzene rings is 1. The summed E-state index contributed by atoms with van der Waals surface area (Å²) in [7, 11) is 0. The van der Waals surface area contributed by atoms with Crippen LogP contribution in [0.4, 0.5) is 8.78 Å². The summed E-state index contributed by atoms with van der Waals surface area (Å²) in [5.74, 6) is -1.77. The van der Waals surface area contributed by atoms with E-state index in [0.717, 1.165) is 42.4 Å². The number of aryl methyl sites for hydroxylation is 2. The molecule has 0 bridgehead atoms. The van der Waals surface area contributed by atoms with E-state index in [9.17, 15) is 13.6 Å². The molecule has 2 aromatic rings. The average molecular weight is 349 g/mol. The Morgan fingerprint density at radius 1 is 1.32 bits per heavy atom. The summed E-state index contributed by atoms with van der Waals surface area (Å²) in [5.41, 5.74) is 1.99. The zero-order valence-electron chi connectivity index (χ0n) is 14.3. The third-order valence-electron chi connectivity index (χ3n) is 4.43. The van der Waals surface area contributed by atoms with E-state index in [0.29, 0.717) is 13.1 Å². The normalized spacial score (nSPS) is 17.1. The Labute approximate surface area is 145 Å². The summed E-state index contributed by atoms with van der Waals surface area (Å²) < 4.78 is 33.8. The van der Waals surface area contributed by atoms with Crippen LogP contribution in [0.15, 0.2) is 24.3 Å². The molecule has 1 amide bonds. The van der Waals surface area contributed by atoms with Crippen molar-refractivity contribution in [1.82, 2.24) is 14.7 Å². The molecule has 7 heteroatoms. The standard InChI is InChI=1S/C18H21F2N3O2/c1-12-8-13(2)23(21-12)10-15-4-3-7-22(15)18(24)11-25-17-9-14(19)5-6-16(17)20/h5-6,8-9,15H,3-4,7,10-11H2,1-2H3/t15-/m0/s1. The number of hydrogen-bond donors (Lipinski definition) is 0. The van der Waals surface area contributed by atoms with E-state index in [2.05, 4.69) is 5.10 Å². The van der Waals surface area contributed by atoms with Crippen LogP contribution in [0, 0.1) is 25.5 Å². The molecule has 0 unspecified atom stereocenters. The lowest BCUT2D eigenvalue weighted by molar-refractivity contribution is -0.134. The molecule has 0 N–H and O–H groups in total. The van der Waals surface area contributed by atoms with Crippen molar-refractivity contribution < 1.29 is 18.3 Å². The molecule has 1 atom stereocenters.